The van der Waals surface area contributed by atoms with E-state index in [1.165, 1.54) is 6.42 Å². The first-order valence-electron chi connectivity index (χ1n) is 7.31. The second-order valence-electron chi connectivity index (χ2n) is 5.98. The van der Waals surface area contributed by atoms with Gasteiger partial charge in [-0.3, -0.25) is 4.79 Å². The SMILES string of the molecule is NCC1(CC(=O)N2CCCC2CCCO)CCC1. The molecular formula is C14H26N2O2. The van der Waals surface area contributed by atoms with E-state index in [4.69, 9.17) is 10.8 Å². The van der Waals surface area contributed by atoms with Crippen molar-refractivity contribution in [1.82, 2.24) is 4.90 Å². The molecule has 0 aromatic carbocycles. The number of nitrogens with two attached hydrogens (primary N) is 1. The molecule has 2 fully saturated rings. The maximum absolute atomic E-state index is 12.4. The van der Waals surface area contributed by atoms with Crippen molar-refractivity contribution in [3.8, 4) is 0 Å². The Morgan fingerprint density at radius 3 is 2.72 bits per heavy atom. The van der Waals surface area contributed by atoms with Crippen LogP contribution in [0.15, 0.2) is 0 Å². The van der Waals surface area contributed by atoms with Gasteiger partial charge in [-0.1, -0.05) is 6.42 Å². The first-order valence-corrected chi connectivity index (χ1v) is 7.31. The summed E-state index contributed by atoms with van der Waals surface area (Å²) >= 11 is 0. The molecule has 0 bridgehead atoms. The van der Waals surface area contributed by atoms with E-state index in [9.17, 15) is 4.79 Å². The fourth-order valence-electron chi connectivity index (χ4n) is 3.34. The van der Waals surface area contributed by atoms with E-state index in [2.05, 4.69) is 0 Å². The molecule has 18 heavy (non-hydrogen) atoms. The third-order valence-electron chi connectivity index (χ3n) is 4.77. The minimum Gasteiger partial charge on any atom is -0.396 e. The molecule has 1 amide bonds. The lowest BCUT2D eigenvalue weighted by Crippen LogP contribution is -2.44. The summed E-state index contributed by atoms with van der Waals surface area (Å²) in [7, 11) is 0. The summed E-state index contributed by atoms with van der Waals surface area (Å²) in [6, 6.07) is 0.361. The Hall–Kier alpha value is -0.610. The number of rotatable bonds is 6. The number of hydrogen-bond donors (Lipinski definition) is 2. The molecule has 3 N–H and O–H groups in total. The normalized spacial score (nSPS) is 26.1. The van der Waals surface area contributed by atoms with Gasteiger partial charge in [0.15, 0.2) is 0 Å². The molecule has 0 aromatic heterocycles. The van der Waals surface area contributed by atoms with Crippen LogP contribution in [-0.4, -0.2) is 41.7 Å². The van der Waals surface area contributed by atoms with E-state index < -0.39 is 0 Å². The van der Waals surface area contributed by atoms with Crippen LogP contribution in [0.2, 0.25) is 0 Å². The summed E-state index contributed by atoms with van der Waals surface area (Å²) in [5, 5.41) is 8.90. The smallest absolute Gasteiger partial charge is 0.223 e. The average Bonchev–Trinajstić information content (AvgIpc) is 2.79. The Morgan fingerprint density at radius 1 is 1.39 bits per heavy atom. The van der Waals surface area contributed by atoms with Crippen molar-refractivity contribution in [3.63, 3.8) is 0 Å². The van der Waals surface area contributed by atoms with Crippen molar-refractivity contribution in [1.29, 1.82) is 0 Å². The molecule has 1 aliphatic heterocycles. The number of amides is 1. The fourth-order valence-corrected chi connectivity index (χ4v) is 3.34. The Labute approximate surface area is 110 Å². The molecule has 0 radical (unpaired) electrons. The van der Waals surface area contributed by atoms with Crippen LogP contribution in [0.5, 0.6) is 0 Å². The van der Waals surface area contributed by atoms with E-state index in [1.54, 1.807) is 0 Å². The number of likely N-dealkylation sites (tertiary alicyclic amines) is 1. The molecule has 4 heteroatoms. The number of aliphatic hydroxyl groups excluding tert-OH is 1. The largest absolute Gasteiger partial charge is 0.396 e. The first kappa shape index (κ1) is 13.8. The maximum Gasteiger partial charge on any atom is 0.223 e. The van der Waals surface area contributed by atoms with E-state index in [0.717, 1.165) is 45.1 Å². The van der Waals surface area contributed by atoms with Gasteiger partial charge in [0.05, 0.1) is 0 Å². The van der Waals surface area contributed by atoms with Crippen LogP contribution in [0.25, 0.3) is 0 Å². The van der Waals surface area contributed by atoms with Crippen LogP contribution < -0.4 is 5.73 Å². The van der Waals surface area contributed by atoms with Gasteiger partial charge in [-0.05, 0) is 50.5 Å². The zero-order valence-electron chi connectivity index (χ0n) is 11.2. The summed E-state index contributed by atoms with van der Waals surface area (Å²) in [6.07, 6.45) is 8.04. The lowest BCUT2D eigenvalue weighted by atomic mass is 9.66. The van der Waals surface area contributed by atoms with Crippen LogP contribution in [0.4, 0.5) is 0 Å². The van der Waals surface area contributed by atoms with Crippen molar-refractivity contribution in [2.45, 2.75) is 57.4 Å². The van der Waals surface area contributed by atoms with Crippen LogP contribution in [-0.2, 0) is 4.79 Å². The second kappa shape index (κ2) is 6.02. The zero-order valence-corrected chi connectivity index (χ0v) is 11.2. The Balaban J connectivity index is 1.87. The lowest BCUT2D eigenvalue weighted by molar-refractivity contribution is -0.136. The highest BCUT2D eigenvalue weighted by Gasteiger charge is 2.40. The minimum absolute atomic E-state index is 0.112. The summed E-state index contributed by atoms with van der Waals surface area (Å²) < 4.78 is 0. The molecule has 1 atom stereocenters. The van der Waals surface area contributed by atoms with Gasteiger partial charge in [-0.15, -0.1) is 0 Å². The predicted molar refractivity (Wildman–Crippen MR) is 71.0 cm³/mol. The van der Waals surface area contributed by atoms with Gasteiger partial charge in [0.25, 0.3) is 0 Å². The van der Waals surface area contributed by atoms with Crippen LogP contribution in [0.3, 0.4) is 0 Å². The summed E-state index contributed by atoms with van der Waals surface area (Å²) in [4.78, 5) is 14.4. The van der Waals surface area contributed by atoms with Gasteiger partial charge in [-0.25, -0.2) is 0 Å². The quantitative estimate of drug-likeness (QED) is 0.750. The number of nitrogens with zero attached hydrogens (tertiary/aromatic N) is 1. The molecule has 1 unspecified atom stereocenters. The maximum atomic E-state index is 12.4. The molecule has 0 spiro atoms. The van der Waals surface area contributed by atoms with Crippen molar-refractivity contribution in [2.75, 3.05) is 19.7 Å². The Bertz CT molecular complexity index is 284. The summed E-state index contributed by atoms with van der Waals surface area (Å²) in [5.74, 6) is 0.292. The average molecular weight is 254 g/mol. The zero-order chi connectivity index (χ0) is 13.0. The van der Waals surface area contributed by atoms with Crippen molar-refractivity contribution in [3.05, 3.63) is 0 Å². The third kappa shape index (κ3) is 2.86. The number of carbonyl (C=O) groups is 1. The second-order valence-corrected chi connectivity index (χ2v) is 5.98. The summed E-state index contributed by atoms with van der Waals surface area (Å²) in [6.45, 7) is 1.77. The van der Waals surface area contributed by atoms with E-state index >= 15 is 0 Å². The number of hydrogen-bond acceptors (Lipinski definition) is 3. The van der Waals surface area contributed by atoms with Crippen molar-refractivity contribution >= 4 is 5.91 Å². The molecule has 1 aliphatic carbocycles. The highest BCUT2D eigenvalue weighted by molar-refractivity contribution is 5.77. The third-order valence-corrected chi connectivity index (χ3v) is 4.77. The minimum atomic E-state index is 0.112. The molecule has 104 valence electrons. The van der Waals surface area contributed by atoms with Gasteiger partial charge in [0.2, 0.25) is 5.91 Å². The molecule has 4 nitrogen and oxygen atoms in total. The van der Waals surface area contributed by atoms with Gasteiger partial charge < -0.3 is 15.7 Å². The number of carbonyl (C=O) groups excluding carboxylic acids is 1. The van der Waals surface area contributed by atoms with E-state index in [1.807, 2.05) is 4.90 Å². The first-order chi connectivity index (χ1) is 8.71. The van der Waals surface area contributed by atoms with Gasteiger partial charge in [0.1, 0.15) is 0 Å². The van der Waals surface area contributed by atoms with Gasteiger partial charge in [-0.2, -0.15) is 0 Å². The molecule has 1 saturated heterocycles. The van der Waals surface area contributed by atoms with Gasteiger partial charge in [0, 0.05) is 25.6 Å². The molecular weight excluding hydrogens is 228 g/mol. The summed E-state index contributed by atoms with van der Waals surface area (Å²) in [5.41, 5.74) is 5.94. The van der Waals surface area contributed by atoms with E-state index in [0.29, 0.717) is 24.9 Å². The van der Waals surface area contributed by atoms with Gasteiger partial charge >= 0.3 is 0 Å². The van der Waals surface area contributed by atoms with Crippen molar-refractivity contribution < 1.29 is 9.90 Å². The number of aliphatic hydroxyl groups is 1. The topological polar surface area (TPSA) is 66.6 Å². The molecule has 2 aliphatic rings. The standard InChI is InChI=1S/C14H26N2O2/c15-11-14(6-3-7-14)10-13(18)16-8-1-4-12(16)5-2-9-17/h12,17H,1-11,15H2. The monoisotopic (exact) mass is 254 g/mol. The molecule has 2 rings (SSSR count). The fraction of sp³-hybridized carbons (Fsp3) is 0.929. The predicted octanol–water partition coefficient (Wildman–Crippen LogP) is 1.27. The van der Waals surface area contributed by atoms with Crippen molar-refractivity contribution in [2.24, 2.45) is 11.1 Å². The molecule has 1 saturated carbocycles. The molecule has 0 aromatic rings. The highest BCUT2D eigenvalue weighted by atomic mass is 16.3. The van der Waals surface area contributed by atoms with E-state index in [-0.39, 0.29) is 12.0 Å². The molecule has 1 heterocycles. The highest BCUT2D eigenvalue weighted by Crippen LogP contribution is 2.43. The Morgan fingerprint density at radius 2 is 2.17 bits per heavy atom. The van der Waals surface area contributed by atoms with Crippen LogP contribution in [0.1, 0.15) is 51.4 Å². The van der Waals surface area contributed by atoms with Crippen LogP contribution >= 0.6 is 0 Å². The van der Waals surface area contributed by atoms with Crippen LogP contribution in [0, 0.1) is 5.41 Å². The Kier molecular flexibility index (Phi) is 4.62. The lowest BCUT2D eigenvalue weighted by Gasteiger charge is -2.41.